The molecule has 15 heavy (non-hydrogen) atoms. The van der Waals surface area contributed by atoms with Gasteiger partial charge in [-0.1, -0.05) is 5.16 Å². The van der Waals surface area contributed by atoms with Crippen molar-refractivity contribution in [1.29, 1.82) is 0 Å². The van der Waals surface area contributed by atoms with E-state index in [1.807, 2.05) is 25.1 Å². The van der Waals surface area contributed by atoms with Crippen LogP contribution in [0.25, 0.3) is 0 Å². The average Bonchev–Trinajstić information content (AvgIpc) is 2.28. The van der Waals surface area contributed by atoms with Crippen LogP contribution in [0.4, 0.5) is 0 Å². The van der Waals surface area contributed by atoms with Crippen LogP contribution in [0, 0.1) is 0 Å². The molecule has 1 aromatic rings. The fraction of sp³-hybridized carbons (Fsp3) is 0.364. The third kappa shape index (κ3) is 1.88. The highest BCUT2D eigenvalue weighted by atomic mass is 16.5. The largest absolute Gasteiger partial charge is 0.494 e. The van der Waals surface area contributed by atoms with Crippen molar-refractivity contribution in [3.05, 3.63) is 23.8 Å². The number of nitrogens with zero attached hydrogens (tertiary/aromatic N) is 1. The Morgan fingerprint density at radius 1 is 1.53 bits per heavy atom. The molecule has 0 amide bonds. The number of fused-ring (bicyclic) bond motifs is 1. The van der Waals surface area contributed by atoms with Crippen LogP contribution >= 0.6 is 0 Å². The lowest BCUT2D eigenvalue weighted by Gasteiger charge is -2.18. The first-order chi connectivity index (χ1) is 7.35. The van der Waals surface area contributed by atoms with Crippen molar-refractivity contribution in [3.8, 4) is 11.5 Å². The van der Waals surface area contributed by atoms with E-state index >= 15 is 0 Å². The van der Waals surface area contributed by atoms with Crippen LogP contribution in [0.15, 0.2) is 23.4 Å². The first kappa shape index (κ1) is 9.83. The number of benzene rings is 1. The predicted molar refractivity (Wildman–Crippen MR) is 56.0 cm³/mol. The molecule has 1 N–H and O–H groups in total. The molecule has 0 fully saturated rings. The van der Waals surface area contributed by atoms with E-state index in [1.54, 1.807) is 0 Å². The second-order valence-corrected chi connectivity index (χ2v) is 3.24. The first-order valence-corrected chi connectivity index (χ1v) is 4.96. The topological polar surface area (TPSA) is 51.0 Å². The smallest absolute Gasteiger partial charge is 0.132 e. The third-order valence-electron chi connectivity index (χ3n) is 2.29. The van der Waals surface area contributed by atoms with Gasteiger partial charge in [0.25, 0.3) is 0 Å². The molecule has 0 saturated heterocycles. The van der Waals surface area contributed by atoms with Gasteiger partial charge in [0, 0.05) is 18.1 Å². The van der Waals surface area contributed by atoms with Crippen molar-refractivity contribution >= 4 is 5.71 Å². The van der Waals surface area contributed by atoms with E-state index in [9.17, 15) is 0 Å². The first-order valence-electron chi connectivity index (χ1n) is 4.96. The fourth-order valence-corrected chi connectivity index (χ4v) is 1.61. The molecule has 0 radical (unpaired) electrons. The maximum atomic E-state index is 8.81. The van der Waals surface area contributed by atoms with Gasteiger partial charge in [0.05, 0.1) is 18.9 Å². The summed E-state index contributed by atoms with van der Waals surface area (Å²) >= 11 is 0. The minimum Gasteiger partial charge on any atom is -0.494 e. The Bertz CT molecular complexity index is 387. The Balaban J connectivity index is 2.36. The fourth-order valence-electron chi connectivity index (χ4n) is 1.61. The van der Waals surface area contributed by atoms with Gasteiger partial charge in [-0.15, -0.1) is 0 Å². The minimum absolute atomic E-state index is 0.544. The van der Waals surface area contributed by atoms with Crippen LogP contribution in [-0.2, 0) is 0 Å². The monoisotopic (exact) mass is 207 g/mol. The third-order valence-corrected chi connectivity index (χ3v) is 2.29. The van der Waals surface area contributed by atoms with E-state index in [-0.39, 0.29) is 0 Å². The zero-order chi connectivity index (χ0) is 10.7. The lowest BCUT2D eigenvalue weighted by atomic mass is 10.0. The summed E-state index contributed by atoms with van der Waals surface area (Å²) in [6, 6.07) is 5.53. The molecular formula is C11H13NO3. The maximum absolute atomic E-state index is 8.81. The van der Waals surface area contributed by atoms with E-state index in [0.717, 1.165) is 17.1 Å². The Morgan fingerprint density at radius 3 is 3.13 bits per heavy atom. The van der Waals surface area contributed by atoms with Gasteiger partial charge in [0.15, 0.2) is 0 Å². The van der Waals surface area contributed by atoms with Crippen molar-refractivity contribution in [1.82, 2.24) is 0 Å². The van der Waals surface area contributed by atoms with Crippen molar-refractivity contribution in [2.24, 2.45) is 5.16 Å². The second kappa shape index (κ2) is 4.21. The van der Waals surface area contributed by atoms with Crippen molar-refractivity contribution in [2.75, 3.05) is 13.2 Å². The number of hydrogen-bond donors (Lipinski definition) is 1. The quantitative estimate of drug-likeness (QED) is 0.596. The summed E-state index contributed by atoms with van der Waals surface area (Å²) in [6.45, 7) is 3.10. The standard InChI is InChI=1S/C11H13NO3/c1-2-14-8-3-4-9-10(12-13)5-6-15-11(9)7-8/h3-4,7,13H,2,5-6H2,1H3/b12-10+. The van der Waals surface area contributed by atoms with Gasteiger partial charge < -0.3 is 14.7 Å². The SMILES string of the molecule is CCOc1ccc2c(c1)OCC/C2=N\O. The highest BCUT2D eigenvalue weighted by Crippen LogP contribution is 2.29. The lowest BCUT2D eigenvalue weighted by Crippen LogP contribution is -2.16. The molecule has 80 valence electrons. The molecule has 4 nitrogen and oxygen atoms in total. The number of ether oxygens (including phenoxy) is 2. The number of hydrogen-bond acceptors (Lipinski definition) is 4. The zero-order valence-electron chi connectivity index (χ0n) is 8.56. The summed E-state index contributed by atoms with van der Waals surface area (Å²) in [7, 11) is 0. The molecule has 0 bridgehead atoms. The second-order valence-electron chi connectivity index (χ2n) is 3.24. The predicted octanol–water partition coefficient (Wildman–Crippen LogP) is 2.05. The Morgan fingerprint density at radius 2 is 2.40 bits per heavy atom. The zero-order valence-corrected chi connectivity index (χ0v) is 8.56. The van der Waals surface area contributed by atoms with E-state index in [2.05, 4.69) is 5.16 Å². The summed E-state index contributed by atoms with van der Waals surface area (Å²) in [4.78, 5) is 0. The van der Waals surface area contributed by atoms with E-state index in [1.165, 1.54) is 0 Å². The summed E-state index contributed by atoms with van der Waals surface area (Å²) in [5, 5.41) is 12.1. The van der Waals surface area contributed by atoms with Crippen LogP contribution in [0.3, 0.4) is 0 Å². The van der Waals surface area contributed by atoms with E-state index in [0.29, 0.717) is 25.3 Å². The highest BCUT2D eigenvalue weighted by molar-refractivity contribution is 6.03. The lowest BCUT2D eigenvalue weighted by molar-refractivity contribution is 0.294. The summed E-state index contributed by atoms with van der Waals surface area (Å²) in [6.07, 6.45) is 0.636. The maximum Gasteiger partial charge on any atom is 0.132 e. The van der Waals surface area contributed by atoms with Gasteiger partial charge in [0.2, 0.25) is 0 Å². The molecule has 1 aromatic carbocycles. The average molecular weight is 207 g/mol. The molecule has 0 unspecified atom stereocenters. The van der Waals surface area contributed by atoms with E-state index < -0.39 is 0 Å². The Labute approximate surface area is 88.1 Å². The van der Waals surface area contributed by atoms with Crippen LogP contribution in [-0.4, -0.2) is 24.1 Å². The highest BCUT2D eigenvalue weighted by Gasteiger charge is 2.17. The molecule has 1 aliphatic rings. The molecule has 0 saturated carbocycles. The van der Waals surface area contributed by atoms with Crippen molar-refractivity contribution in [3.63, 3.8) is 0 Å². The van der Waals surface area contributed by atoms with Gasteiger partial charge >= 0.3 is 0 Å². The minimum atomic E-state index is 0.544. The Hall–Kier alpha value is -1.71. The van der Waals surface area contributed by atoms with Gasteiger partial charge in [0.1, 0.15) is 11.5 Å². The molecule has 1 heterocycles. The summed E-state index contributed by atoms with van der Waals surface area (Å²) in [5.41, 5.74) is 1.51. The number of rotatable bonds is 2. The number of oxime groups is 1. The summed E-state index contributed by atoms with van der Waals surface area (Å²) in [5.74, 6) is 1.50. The molecule has 2 rings (SSSR count). The summed E-state index contributed by atoms with van der Waals surface area (Å²) < 4.78 is 10.8. The van der Waals surface area contributed by atoms with Gasteiger partial charge in [-0.3, -0.25) is 0 Å². The molecule has 0 atom stereocenters. The van der Waals surface area contributed by atoms with Gasteiger partial charge in [-0.25, -0.2) is 0 Å². The molecule has 4 heteroatoms. The van der Waals surface area contributed by atoms with Crippen LogP contribution < -0.4 is 9.47 Å². The Kier molecular flexibility index (Phi) is 2.76. The van der Waals surface area contributed by atoms with Crippen LogP contribution in [0.2, 0.25) is 0 Å². The van der Waals surface area contributed by atoms with Crippen molar-refractivity contribution < 1.29 is 14.7 Å². The molecule has 0 aliphatic carbocycles. The van der Waals surface area contributed by atoms with Gasteiger partial charge in [-0.2, -0.15) is 0 Å². The van der Waals surface area contributed by atoms with Crippen LogP contribution in [0.5, 0.6) is 11.5 Å². The van der Waals surface area contributed by atoms with Crippen LogP contribution in [0.1, 0.15) is 18.9 Å². The molecule has 0 aromatic heterocycles. The molecule has 1 aliphatic heterocycles. The van der Waals surface area contributed by atoms with Gasteiger partial charge in [-0.05, 0) is 19.1 Å². The van der Waals surface area contributed by atoms with E-state index in [4.69, 9.17) is 14.7 Å². The van der Waals surface area contributed by atoms with Crippen molar-refractivity contribution in [2.45, 2.75) is 13.3 Å². The molecular weight excluding hydrogens is 194 g/mol. The normalized spacial score (nSPS) is 17.0. The molecule has 0 spiro atoms.